The van der Waals surface area contributed by atoms with E-state index in [0.29, 0.717) is 0 Å². The molecule has 1 atom stereocenters. The van der Waals surface area contributed by atoms with Gasteiger partial charge in [0, 0.05) is 11.6 Å². The van der Waals surface area contributed by atoms with Gasteiger partial charge in [0.1, 0.15) is 11.3 Å². The Morgan fingerprint density at radius 2 is 2.20 bits per heavy atom. The number of furan rings is 1. The highest BCUT2D eigenvalue weighted by molar-refractivity contribution is 5.77. The quantitative estimate of drug-likeness (QED) is 0.773. The Hall–Kier alpha value is -2.07. The summed E-state index contributed by atoms with van der Waals surface area (Å²) in [5.41, 5.74) is 2.10. The summed E-state index contributed by atoms with van der Waals surface area (Å²) in [6.45, 7) is 5.81. The molecule has 3 aromatic rings. The zero-order chi connectivity index (χ0) is 13.9. The van der Waals surface area contributed by atoms with E-state index >= 15 is 0 Å². The summed E-state index contributed by atoms with van der Waals surface area (Å²) in [5.74, 6) is 0.959. The van der Waals surface area contributed by atoms with Crippen molar-refractivity contribution in [2.24, 2.45) is 0 Å². The molecule has 1 N–H and O–H groups in total. The standard InChI is InChI=1S/C16H19N3O/c1-3-17-14(11-19-10-12(2)9-18-19)16-8-13-6-4-5-7-15(13)20-16/h4-10,14,17H,3,11H2,1-2H3. The van der Waals surface area contributed by atoms with E-state index < -0.39 is 0 Å². The highest BCUT2D eigenvalue weighted by Gasteiger charge is 2.16. The van der Waals surface area contributed by atoms with Crippen molar-refractivity contribution in [3.8, 4) is 0 Å². The molecule has 0 spiro atoms. The minimum absolute atomic E-state index is 0.131. The predicted molar refractivity (Wildman–Crippen MR) is 79.6 cm³/mol. The second-order valence-corrected chi connectivity index (χ2v) is 5.04. The molecule has 3 rings (SSSR count). The molecule has 0 radical (unpaired) electrons. The smallest absolute Gasteiger partial charge is 0.134 e. The third-order valence-corrected chi connectivity index (χ3v) is 3.37. The number of nitrogens with zero attached hydrogens (tertiary/aromatic N) is 2. The van der Waals surface area contributed by atoms with E-state index in [-0.39, 0.29) is 6.04 Å². The highest BCUT2D eigenvalue weighted by atomic mass is 16.3. The molecule has 0 aliphatic rings. The normalized spacial score (nSPS) is 12.9. The highest BCUT2D eigenvalue weighted by Crippen LogP contribution is 2.24. The van der Waals surface area contributed by atoms with Crippen molar-refractivity contribution in [2.75, 3.05) is 6.54 Å². The van der Waals surface area contributed by atoms with E-state index in [1.54, 1.807) is 0 Å². The van der Waals surface area contributed by atoms with Gasteiger partial charge in [-0.1, -0.05) is 25.1 Å². The summed E-state index contributed by atoms with van der Waals surface area (Å²) in [6, 6.07) is 10.3. The molecular weight excluding hydrogens is 250 g/mol. The first-order valence-electron chi connectivity index (χ1n) is 6.97. The van der Waals surface area contributed by atoms with Gasteiger partial charge >= 0.3 is 0 Å². The van der Waals surface area contributed by atoms with E-state index in [2.05, 4.69) is 29.5 Å². The van der Waals surface area contributed by atoms with Gasteiger partial charge in [0.2, 0.25) is 0 Å². The Balaban J connectivity index is 1.89. The Morgan fingerprint density at radius 3 is 2.90 bits per heavy atom. The maximum absolute atomic E-state index is 5.96. The van der Waals surface area contributed by atoms with Crippen LogP contribution >= 0.6 is 0 Å². The number of benzene rings is 1. The minimum Gasteiger partial charge on any atom is -0.459 e. The Morgan fingerprint density at radius 1 is 1.35 bits per heavy atom. The molecular formula is C16H19N3O. The SMILES string of the molecule is CCNC(Cn1cc(C)cn1)c1cc2ccccc2o1. The van der Waals surface area contributed by atoms with Crippen LogP contribution in [0.1, 0.15) is 24.3 Å². The predicted octanol–water partition coefficient (Wildman–Crippen LogP) is 3.29. The molecule has 0 aliphatic carbocycles. The minimum atomic E-state index is 0.131. The number of hydrogen-bond acceptors (Lipinski definition) is 3. The lowest BCUT2D eigenvalue weighted by Crippen LogP contribution is -2.25. The lowest BCUT2D eigenvalue weighted by molar-refractivity contribution is 0.381. The van der Waals surface area contributed by atoms with Crippen LogP contribution in [0.4, 0.5) is 0 Å². The Kier molecular flexibility index (Phi) is 3.56. The van der Waals surface area contributed by atoms with Crippen LogP contribution < -0.4 is 5.32 Å². The number of rotatable bonds is 5. The van der Waals surface area contributed by atoms with Crippen molar-refractivity contribution in [3.05, 3.63) is 54.0 Å². The second-order valence-electron chi connectivity index (χ2n) is 5.04. The monoisotopic (exact) mass is 269 g/mol. The fraction of sp³-hybridized carbons (Fsp3) is 0.312. The van der Waals surface area contributed by atoms with Gasteiger partial charge in [-0.3, -0.25) is 4.68 Å². The van der Waals surface area contributed by atoms with Gasteiger partial charge < -0.3 is 9.73 Å². The Bertz CT molecular complexity index is 665. The molecule has 1 aromatic carbocycles. The number of fused-ring (bicyclic) bond motifs is 1. The molecule has 2 heterocycles. The van der Waals surface area contributed by atoms with E-state index in [4.69, 9.17) is 4.42 Å². The van der Waals surface area contributed by atoms with E-state index in [1.807, 2.05) is 42.2 Å². The van der Waals surface area contributed by atoms with Crippen LogP contribution in [0.15, 0.2) is 47.1 Å². The Labute approximate surface area is 118 Å². The molecule has 0 saturated carbocycles. The van der Waals surface area contributed by atoms with Crippen LogP contribution in [0.2, 0.25) is 0 Å². The maximum Gasteiger partial charge on any atom is 0.134 e. The van der Waals surface area contributed by atoms with Crippen LogP contribution in [0.25, 0.3) is 11.0 Å². The van der Waals surface area contributed by atoms with Crippen molar-refractivity contribution in [1.82, 2.24) is 15.1 Å². The van der Waals surface area contributed by atoms with Crippen molar-refractivity contribution in [1.29, 1.82) is 0 Å². The van der Waals surface area contributed by atoms with Crippen LogP contribution in [0.5, 0.6) is 0 Å². The zero-order valence-electron chi connectivity index (χ0n) is 11.8. The van der Waals surface area contributed by atoms with Crippen molar-refractivity contribution in [3.63, 3.8) is 0 Å². The zero-order valence-corrected chi connectivity index (χ0v) is 11.8. The van der Waals surface area contributed by atoms with E-state index in [0.717, 1.165) is 29.8 Å². The van der Waals surface area contributed by atoms with Gasteiger partial charge in [-0.05, 0) is 31.2 Å². The van der Waals surface area contributed by atoms with E-state index in [1.165, 1.54) is 5.56 Å². The van der Waals surface area contributed by atoms with Gasteiger partial charge in [0.05, 0.1) is 18.8 Å². The first-order valence-corrected chi connectivity index (χ1v) is 6.97. The van der Waals surface area contributed by atoms with Crippen molar-refractivity contribution >= 4 is 11.0 Å². The van der Waals surface area contributed by atoms with Crippen LogP contribution in [0.3, 0.4) is 0 Å². The third kappa shape index (κ3) is 2.60. The largest absolute Gasteiger partial charge is 0.459 e. The number of hydrogen-bond donors (Lipinski definition) is 1. The summed E-state index contributed by atoms with van der Waals surface area (Å²) in [5, 5.41) is 8.96. The fourth-order valence-corrected chi connectivity index (χ4v) is 2.43. The summed E-state index contributed by atoms with van der Waals surface area (Å²) in [7, 11) is 0. The van der Waals surface area contributed by atoms with Crippen LogP contribution in [-0.4, -0.2) is 16.3 Å². The first-order chi connectivity index (χ1) is 9.76. The molecule has 0 amide bonds. The number of aromatic nitrogens is 2. The molecule has 1 unspecified atom stereocenters. The molecule has 4 heteroatoms. The molecule has 0 fully saturated rings. The van der Waals surface area contributed by atoms with Gasteiger partial charge in [-0.2, -0.15) is 5.10 Å². The van der Waals surface area contributed by atoms with Crippen molar-refractivity contribution in [2.45, 2.75) is 26.4 Å². The van der Waals surface area contributed by atoms with Crippen molar-refractivity contribution < 1.29 is 4.42 Å². The number of nitrogens with one attached hydrogen (secondary N) is 1. The number of aryl methyl sites for hydroxylation is 1. The molecule has 20 heavy (non-hydrogen) atoms. The lowest BCUT2D eigenvalue weighted by atomic mass is 10.2. The summed E-state index contributed by atoms with van der Waals surface area (Å²) in [6.07, 6.45) is 3.93. The topological polar surface area (TPSA) is 43.0 Å². The average Bonchev–Trinajstić information content (AvgIpc) is 3.04. The molecule has 0 saturated heterocycles. The van der Waals surface area contributed by atoms with Gasteiger partial charge in [-0.15, -0.1) is 0 Å². The second kappa shape index (κ2) is 5.51. The number of para-hydroxylation sites is 1. The summed E-state index contributed by atoms with van der Waals surface area (Å²) >= 11 is 0. The van der Waals surface area contributed by atoms with Gasteiger partial charge in [0.25, 0.3) is 0 Å². The molecule has 0 bridgehead atoms. The maximum atomic E-state index is 5.96. The third-order valence-electron chi connectivity index (χ3n) is 3.37. The molecule has 4 nitrogen and oxygen atoms in total. The first kappa shape index (κ1) is 12.9. The molecule has 2 aromatic heterocycles. The summed E-state index contributed by atoms with van der Waals surface area (Å²) in [4.78, 5) is 0. The summed E-state index contributed by atoms with van der Waals surface area (Å²) < 4.78 is 7.91. The van der Waals surface area contributed by atoms with Gasteiger partial charge in [-0.25, -0.2) is 0 Å². The lowest BCUT2D eigenvalue weighted by Gasteiger charge is -2.15. The van der Waals surface area contributed by atoms with Crippen LogP contribution in [0, 0.1) is 6.92 Å². The van der Waals surface area contributed by atoms with Gasteiger partial charge in [0.15, 0.2) is 0 Å². The molecule has 104 valence electrons. The van der Waals surface area contributed by atoms with Crippen LogP contribution in [-0.2, 0) is 6.54 Å². The number of likely N-dealkylation sites (N-methyl/N-ethyl adjacent to an activating group) is 1. The fourth-order valence-electron chi connectivity index (χ4n) is 2.43. The van der Waals surface area contributed by atoms with E-state index in [9.17, 15) is 0 Å². The average molecular weight is 269 g/mol. The molecule has 0 aliphatic heterocycles.